The molecule has 1 N–H and O–H groups in total. The number of nitrogens with one attached hydrogen (secondary N) is 1. The molecule has 7 heteroatoms. The molecule has 6 aromatic rings. The standard InChI is InChI=1S/C26H17FN4S2/c1-15-2-11-21-22(12-15)33-25(31-21)17-5-9-19(10-6-17)30-24-23-20(13-32-26(23)29-14-28-24)16-3-7-18(27)8-4-16/h2-14H,1H3,(H,28,29,30). The highest BCUT2D eigenvalue weighted by atomic mass is 32.1. The first-order valence-electron chi connectivity index (χ1n) is 10.4. The minimum absolute atomic E-state index is 0.253. The largest absolute Gasteiger partial charge is 0.340 e. The molecular weight excluding hydrogens is 451 g/mol. The van der Waals surface area contributed by atoms with Gasteiger partial charge in [-0.3, -0.25) is 0 Å². The van der Waals surface area contributed by atoms with Crippen molar-refractivity contribution in [3.63, 3.8) is 0 Å². The number of thiophene rings is 1. The predicted molar refractivity (Wildman–Crippen MR) is 136 cm³/mol. The van der Waals surface area contributed by atoms with Crippen molar-refractivity contribution in [2.24, 2.45) is 0 Å². The molecule has 0 saturated heterocycles. The summed E-state index contributed by atoms with van der Waals surface area (Å²) >= 11 is 3.25. The highest BCUT2D eigenvalue weighted by molar-refractivity contribution is 7.21. The number of hydrogen-bond acceptors (Lipinski definition) is 6. The normalized spacial score (nSPS) is 11.3. The monoisotopic (exact) mass is 468 g/mol. The number of aromatic nitrogens is 3. The molecule has 0 spiro atoms. The molecule has 3 heterocycles. The fourth-order valence-corrected chi connectivity index (χ4v) is 5.79. The summed E-state index contributed by atoms with van der Waals surface area (Å²) in [5, 5.41) is 7.40. The second kappa shape index (κ2) is 8.03. The van der Waals surface area contributed by atoms with Crippen LogP contribution in [0.4, 0.5) is 15.9 Å². The summed E-state index contributed by atoms with van der Waals surface area (Å²) < 4.78 is 14.6. The van der Waals surface area contributed by atoms with Crippen LogP contribution in [0.15, 0.2) is 78.4 Å². The third kappa shape index (κ3) is 3.75. The van der Waals surface area contributed by atoms with Crippen molar-refractivity contribution in [3.05, 3.63) is 89.8 Å². The van der Waals surface area contributed by atoms with Crippen LogP contribution in [0.5, 0.6) is 0 Å². The summed E-state index contributed by atoms with van der Waals surface area (Å²) in [5.74, 6) is 0.472. The van der Waals surface area contributed by atoms with E-state index >= 15 is 0 Å². The molecule has 4 nitrogen and oxygen atoms in total. The molecule has 33 heavy (non-hydrogen) atoms. The van der Waals surface area contributed by atoms with Crippen molar-refractivity contribution >= 4 is 54.6 Å². The molecule has 3 aromatic heterocycles. The molecular formula is C26H17FN4S2. The SMILES string of the molecule is Cc1ccc2nc(-c3ccc(Nc4ncnc5scc(-c6ccc(F)cc6)c45)cc3)sc2c1. The number of rotatable bonds is 4. The topological polar surface area (TPSA) is 50.7 Å². The van der Waals surface area contributed by atoms with Gasteiger partial charge in [0.1, 0.15) is 27.8 Å². The lowest BCUT2D eigenvalue weighted by atomic mass is 10.1. The highest BCUT2D eigenvalue weighted by Gasteiger charge is 2.14. The summed E-state index contributed by atoms with van der Waals surface area (Å²) in [6, 6.07) is 21.0. The number of hydrogen-bond donors (Lipinski definition) is 1. The number of anilines is 2. The van der Waals surface area contributed by atoms with Gasteiger partial charge >= 0.3 is 0 Å². The van der Waals surface area contributed by atoms with Crippen LogP contribution in [0.1, 0.15) is 5.56 Å². The van der Waals surface area contributed by atoms with Gasteiger partial charge in [0, 0.05) is 22.2 Å². The van der Waals surface area contributed by atoms with Crippen LogP contribution in [-0.4, -0.2) is 15.0 Å². The van der Waals surface area contributed by atoms with Crippen LogP contribution in [0, 0.1) is 12.7 Å². The molecule has 0 atom stereocenters. The minimum Gasteiger partial charge on any atom is -0.340 e. The van der Waals surface area contributed by atoms with Crippen molar-refractivity contribution in [3.8, 4) is 21.7 Å². The van der Waals surface area contributed by atoms with Gasteiger partial charge in [-0.2, -0.15) is 0 Å². The lowest BCUT2D eigenvalue weighted by Crippen LogP contribution is -1.95. The highest BCUT2D eigenvalue weighted by Crippen LogP contribution is 2.38. The smallest absolute Gasteiger partial charge is 0.143 e. The lowest BCUT2D eigenvalue weighted by molar-refractivity contribution is 0.628. The van der Waals surface area contributed by atoms with Gasteiger partial charge in [-0.1, -0.05) is 18.2 Å². The second-order valence-electron chi connectivity index (χ2n) is 7.75. The van der Waals surface area contributed by atoms with E-state index in [0.29, 0.717) is 0 Å². The number of benzene rings is 3. The molecule has 0 amide bonds. The van der Waals surface area contributed by atoms with E-state index in [1.807, 2.05) is 17.5 Å². The first kappa shape index (κ1) is 20.0. The molecule has 0 unspecified atom stereocenters. The summed E-state index contributed by atoms with van der Waals surface area (Å²) in [6.07, 6.45) is 1.56. The Morgan fingerprint density at radius 3 is 2.48 bits per heavy atom. The molecule has 0 aliphatic rings. The van der Waals surface area contributed by atoms with E-state index in [9.17, 15) is 4.39 Å². The predicted octanol–water partition coefficient (Wildman–Crippen LogP) is 7.83. The number of thiazole rings is 1. The average molecular weight is 469 g/mol. The number of halogens is 1. The van der Waals surface area contributed by atoms with Crippen LogP contribution in [0.25, 0.3) is 42.1 Å². The zero-order chi connectivity index (χ0) is 22.4. The molecule has 0 radical (unpaired) electrons. The third-order valence-corrected chi connectivity index (χ3v) is 7.42. The molecule has 160 valence electrons. The summed E-state index contributed by atoms with van der Waals surface area (Å²) in [7, 11) is 0. The molecule has 3 aromatic carbocycles. The van der Waals surface area contributed by atoms with E-state index in [2.05, 4.69) is 52.5 Å². The van der Waals surface area contributed by atoms with E-state index in [-0.39, 0.29) is 5.82 Å². The number of aryl methyl sites for hydroxylation is 1. The average Bonchev–Trinajstić information content (AvgIpc) is 3.45. The van der Waals surface area contributed by atoms with Crippen molar-refractivity contribution in [1.82, 2.24) is 15.0 Å². The zero-order valence-electron chi connectivity index (χ0n) is 17.5. The van der Waals surface area contributed by atoms with Crippen molar-refractivity contribution in [1.29, 1.82) is 0 Å². The van der Waals surface area contributed by atoms with Gasteiger partial charge in [-0.15, -0.1) is 22.7 Å². The van der Waals surface area contributed by atoms with E-state index in [0.717, 1.165) is 48.9 Å². The Morgan fingerprint density at radius 2 is 1.67 bits per heavy atom. The Kier molecular flexibility index (Phi) is 4.86. The molecule has 0 aliphatic carbocycles. The van der Waals surface area contributed by atoms with Gasteiger partial charge in [-0.25, -0.2) is 19.3 Å². The zero-order valence-corrected chi connectivity index (χ0v) is 19.2. The quantitative estimate of drug-likeness (QED) is 0.286. The second-order valence-corrected chi connectivity index (χ2v) is 9.64. The Balaban J connectivity index is 1.33. The van der Waals surface area contributed by atoms with E-state index in [1.165, 1.54) is 22.4 Å². The van der Waals surface area contributed by atoms with Gasteiger partial charge < -0.3 is 5.32 Å². The van der Waals surface area contributed by atoms with Crippen LogP contribution < -0.4 is 5.32 Å². The van der Waals surface area contributed by atoms with Gasteiger partial charge in [-0.05, 0) is 66.6 Å². The van der Waals surface area contributed by atoms with E-state index < -0.39 is 0 Å². The maximum Gasteiger partial charge on any atom is 0.143 e. The summed E-state index contributed by atoms with van der Waals surface area (Å²) in [6.45, 7) is 2.10. The Hall–Kier alpha value is -3.68. The molecule has 6 rings (SSSR count). The third-order valence-electron chi connectivity index (χ3n) is 5.46. The Morgan fingerprint density at radius 1 is 0.879 bits per heavy atom. The van der Waals surface area contributed by atoms with E-state index in [1.54, 1.807) is 41.1 Å². The van der Waals surface area contributed by atoms with Crippen LogP contribution in [0.3, 0.4) is 0 Å². The van der Waals surface area contributed by atoms with Gasteiger partial charge in [0.15, 0.2) is 0 Å². The molecule has 0 bridgehead atoms. The van der Waals surface area contributed by atoms with Crippen molar-refractivity contribution in [2.75, 3.05) is 5.32 Å². The van der Waals surface area contributed by atoms with Gasteiger partial charge in [0.05, 0.1) is 15.6 Å². The van der Waals surface area contributed by atoms with E-state index in [4.69, 9.17) is 4.98 Å². The maximum absolute atomic E-state index is 13.4. The lowest BCUT2D eigenvalue weighted by Gasteiger charge is -2.09. The minimum atomic E-state index is -0.253. The molecule has 0 aliphatic heterocycles. The summed E-state index contributed by atoms with van der Waals surface area (Å²) in [5.41, 5.74) is 6.18. The van der Waals surface area contributed by atoms with Crippen molar-refractivity contribution in [2.45, 2.75) is 6.92 Å². The molecule has 0 fully saturated rings. The maximum atomic E-state index is 13.4. The summed E-state index contributed by atoms with van der Waals surface area (Å²) in [4.78, 5) is 14.6. The number of nitrogens with zero attached hydrogens (tertiary/aromatic N) is 3. The van der Waals surface area contributed by atoms with Crippen molar-refractivity contribution < 1.29 is 4.39 Å². The van der Waals surface area contributed by atoms with Gasteiger partial charge in [0.25, 0.3) is 0 Å². The fraction of sp³-hybridized carbons (Fsp3) is 0.0385. The Bertz CT molecular complexity index is 1600. The van der Waals surface area contributed by atoms with Crippen LogP contribution >= 0.6 is 22.7 Å². The van der Waals surface area contributed by atoms with Gasteiger partial charge in [0.2, 0.25) is 0 Å². The first-order valence-corrected chi connectivity index (χ1v) is 12.1. The Labute approximate surface area is 197 Å². The first-order chi connectivity index (χ1) is 16.1. The fourth-order valence-electron chi connectivity index (χ4n) is 3.80. The van der Waals surface area contributed by atoms with Crippen LogP contribution in [0.2, 0.25) is 0 Å². The molecule has 0 saturated carbocycles. The number of fused-ring (bicyclic) bond motifs is 2. The van der Waals surface area contributed by atoms with Crippen LogP contribution in [-0.2, 0) is 0 Å².